The molecule has 0 aliphatic rings. The van der Waals surface area contributed by atoms with Gasteiger partial charge in [0.15, 0.2) is 5.16 Å². The number of anilines is 2. The molecule has 19 heavy (non-hydrogen) atoms. The molecule has 2 aromatic rings. The van der Waals surface area contributed by atoms with E-state index < -0.39 is 11.6 Å². The second-order valence-electron chi connectivity index (χ2n) is 3.85. The van der Waals surface area contributed by atoms with E-state index in [1.807, 2.05) is 0 Å². The van der Waals surface area contributed by atoms with E-state index >= 15 is 0 Å². The van der Waals surface area contributed by atoms with Crippen molar-refractivity contribution in [2.45, 2.75) is 10.1 Å². The van der Waals surface area contributed by atoms with Crippen molar-refractivity contribution in [3.05, 3.63) is 29.8 Å². The van der Waals surface area contributed by atoms with E-state index in [2.05, 4.69) is 15.0 Å². The van der Waals surface area contributed by atoms with E-state index in [1.54, 1.807) is 19.0 Å². The zero-order valence-corrected chi connectivity index (χ0v) is 11.1. The maximum Gasteiger partial charge on any atom is 0.230 e. The first-order valence-corrected chi connectivity index (χ1v) is 6.09. The van der Waals surface area contributed by atoms with Crippen LogP contribution >= 0.6 is 11.8 Å². The number of nitrogens with two attached hydrogens (primary N) is 1. The first kappa shape index (κ1) is 13.5. The van der Waals surface area contributed by atoms with Crippen molar-refractivity contribution < 1.29 is 8.78 Å². The number of hydrogen-bond donors (Lipinski definition) is 1. The molecule has 100 valence electrons. The summed E-state index contributed by atoms with van der Waals surface area (Å²) in [6.45, 7) is 0. The fourth-order valence-corrected chi connectivity index (χ4v) is 2.02. The molecule has 1 aromatic carbocycles. The Morgan fingerprint density at radius 3 is 2.53 bits per heavy atom. The van der Waals surface area contributed by atoms with Crippen molar-refractivity contribution in [3.63, 3.8) is 0 Å². The molecule has 8 heteroatoms. The molecule has 5 nitrogen and oxygen atoms in total. The minimum absolute atomic E-state index is 0.0451. The number of halogens is 2. The predicted octanol–water partition coefficient (Wildman–Crippen LogP) is 1.95. The molecule has 0 unspecified atom stereocenters. The zero-order chi connectivity index (χ0) is 14.0. The van der Waals surface area contributed by atoms with E-state index in [1.165, 1.54) is 12.1 Å². The second kappa shape index (κ2) is 5.35. The number of hydrogen-bond acceptors (Lipinski definition) is 6. The molecule has 0 radical (unpaired) electrons. The Labute approximate surface area is 112 Å². The number of rotatable bonds is 3. The summed E-state index contributed by atoms with van der Waals surface area (Å²) in [6.07, 6.45) is 0. The Morgan fingerprint density at radius 1 is 1.16 bits per heavy atom. The lowest BCUT2D eigenvalue weighted by Gasteiger charge is -2.11. The normalized spacial score (nSPS) is 10.5. The minimum Gasteiger partial charge on any atom is -0.368 e. The number of benzene rings is 1. The Balaban J connectivity index is 2.32. The molecule has 2 rings (SSSR count). The molecule has 0 spiro atoms. The topological polar surface area (TPSA) is 67.9 Å². The average molecular weight is 283 g/mol. The average Bonchev–Trinajstić information content (AvgIpc) is 2.32. The van der Waals surface area contributed by atoms with Gasteiger partial charge in [-0.25, -0.2) is 8.78 Å². The van der Waals surface area contributed by atoms with Crippen molar-refractivity contribution in [1.29, 1.82) is 0 Å². The first-order valence-electron chi connectivity index (χ1n) is 5.27. The van der Waals surface area contributed by atoms with Gasteiger partial charge in [-0.2, -0.15) is 15.0 Å². The van der Waals surface area contributed by atoms with Gasteiger partial charge in [-0.3, -0.25) is 0 Å². The highest BCUT2D eigenvalue weighted by molar-refractivity contribution is 7.99. The van der Waals surface area contributed by atoms with Crippen molar-refractivity contribution >= 4 is 23.7 Å². The van der Waals surface area contributed by atoms with E-state index in [-0.39, 0.29) is 16.0 Å². The Hall–Kier alpha value is -1.96. The van der Waals surface area contributed by atoms with Gasteiger partial charge in [-0.05, 0) is 23.9 Å². The summed E-state index contributed by atoms with van der Waals surface area (Å²) < 4.78 is 26.3. The molecular formula is C11H11F2N5S. The standard InChI is InChI=1S/C11H11F2N5S/c1-18(2)10-15-9(14)16-11(17-10)19-8-4-3-6(12)5-7(8)13/h3-5H,1-2H3,(H2,14,15,16,17). The third-order valence-electron chi connectivity index (χ3n) is 2.12. The lowest BCUT2D eigenvalue weighted by Crippen LogP contribution is -2.15. The van der Waals surface area contributed by atoms with Crippen LogP contribution in [0.2, 0.25) is 0 Å². The molecule has 0 aliphatic heterocycles. The summed E-state index contributed by atoms with van der Waals surface area (Å²) >= 11 is 0.958. The SMILES string of the molecule is CN(C)c1nc(N)nc(Sc2ccc(F)cc2F)n1. The number of nitrogen functional groups attached to an aromatic ring is 1. The summed E-state index contributed by atoms with van der Waals surface area (Å²) in [7, 11) is 3.50. The quantitative estimate of drug-likeness (QED) is 0.928. The largest absolute Gasteiger partial charge is 0.368 e. The molecule has 0 bridgehead atoms. The van der Waals surface area contributed by atoms with Crippen LogP contribution in [0, 0.1) is 11.6 Å². The van der Waals surface area contributed by atoms with E-state index in [4.69, 9.17) is 5.73 Å². The molecular weight excluding hydrogens is 272 g/mol. The molecule has 1 heterocycles. The summed E-state index contributed by atoms with van der Waals surface area (Å²) in [5.41, 5.74) is 5.56. The van der Waals surface area contributed by atoms with Crippen LogP contribution in [-0.2, 0) is 0 Å². The highest BCUT2D eigenvalue weighted by Crippen LogP contribution is 2.28. The highest BCUT2D eigenvalue weighted by atomic mass is 32.2. The van der Waals surface area contributed by atoms with Gasteiger partial charge in [0.25, 0.3) is 0 Å². The minimum atomic E-state index is -0.671. The van der Waals surface area contributed by atoms with Crippen molar-refractivity contribution in [3.8, 4) is 0 Å². The van der Waals surface area contributed by atoms with Crippen molar-refractivity contribution in [2.24, 2.45) is 0 Å². The van der Waals surface area contributed by atoms with Gasteiger partial charge in [0, 0.05) is 20.2 Å². The number of nitrogens with zero attached hydrogens (tertiary/aromatic N) is 4. The van der Waals surface area contributed by atoms with Crippen LogP contribution in [0.5, 0.6) is 0 Å². The van der Waals surface area contributed by atoms with Crippen LogP contribution in [-0.4, -0.2) is 29.0 Å². The summed E-state index contributed by atoms with van der Waals surface area (Å²) in [6, 6.07) is 3.30. The lowest BCUT2D eigenvalue weighted by molar-refractivity contribution is 0.565. The third-order valence-corrected chi connectivity index (χ3v) is 3.03. The van der Waals surface area contributed by atoms with Crippen molar-refractivity contribution in [2.75, 3.05) is 24.7 Å². The predicted molar refractivity (Wildman–Crippen MR) is 69.0 cm³/mol. The van der Waals surface area contributed by atoms with Gasteiger partial charge in [0.1, 0.15) is 11.6 Å². The van der Waals surface area contributed by atoms with Crippen LogP contribution in [0.3, 0.4) is 0 Å². The highest BCUT2D eigenvalue weighted by Gasteiger charge is 2.11. The van der Waals surface area contributed by atoms with Gasteiger partial charge in [-0.1, -0.05) is 0 Å². The Bertz CT molecular complexity index is 606. The van der Waals surface area contributed by atoms with Gasteiger partial charge >= 0.3 is 0 Å². The van der Waals surface area contributed by atoms with Gasteiger partial charge in [0.05, 0.1) is 4.90 Å². The smallest absolute Gasteiger partial charge is 0.230 e. The van der Waals surface area contributed by atoms with Crippen molar-refractivity contribution in [1.82, 2.24) is 15.0 Å². The summed E-state index contributed by atoms with van der Waals surface area (Å²) in [4.78, 5) is 13.8. The molecule has 0 amide bonds. The van der Waals surface area contributed by atoms with Crippen LogP contribution < -0.4 is 10.6 Å². The second-order valence-corrected chi connectivity index (χ2v) is 4.86. The maximum atomic E-state index is 13.5. The van der Waals surface area contributed by atoms with E-state index in [9.17, 15) is 8.78 Å². The lowest BCUT2D eigenvalue weighted by atomic mass is 10.3. The fraction of sp³-hybridized carbons (Fsp3) is 0.182. The van der Waals surface area contributed by atoms with Gasteiger partial charge in [0.2, 0.25) is 11.9 Å². The van der Waals surface area contributed by atoms with E-state index in [0.29, 0.717) is 5.95 Å². The molecule has 2 N–H and O–H groups in total. The Morgan fingerprint density at radius 2 is 1.89 bits per heavy atom. The molecule has 0 atom stereocenters. The summed E-state index contributed by atoms with van der Waals surface area (Å²) in [5.74, 6) is -0.886. The molecule has 0 saturated carbocycles. The zero-order valence-electron chi connectivity index (χ0n) is 10.3. The fourth-order valence-electron chi connectivity index (χ4n) is 1.26. The molecule has 0 saturated heterocycles. The molecule has 1 aromatic heterocycles. The monoisotopic (exact) mass is 283 g/mol. The Kier molecular flexibility index (Phi) is 3.79. The number of aromatic nitrogens is 3. The van der Waals surface area contributed by atoms with Gasteiger partial charge in [-0.15, -0.1) is 0 Å². The van der Waals surface area contributed by atoms with Gasteiger partial charge < -0.3 is 10.6 Å². The first-order chi connectivity index (χ1) is 8.95. The van der Waals surface area contributed by atoms with Crippen LogP contribution in [0.4, 0.5) is 20.7 Å². The van der Waals surface area contributed by atoms with Crippen LogP contribution in [0.15, 0.2) is 28.3 Å². The van der Waals surface area contributed by atoms with Crippen LogP contribution in [0.25, 0.3) is 0 Å². The van der Waals surface area contributed by atoms with E-state index in [0.717, 1.165) is 17.8 Å². The van der Waals surface area contributed by atoms with Crippen LogP contribution in [0.1, 0.15) is 0 Å². The third kappa shape index (κ3) is 3.28. The summed E-state index contributed by atoms with van der Waals surface area (Å²) in [5, 5.41) is 0.252. The molecule has 0 aliphatic carbocycles. The maximum absolute atomic E-state index is 13.5. The molecule has 0 fully saturated rings.